The van der Waals surface area contributed by atoms with Crippen molar-refractivity contribution in [1.29, 1.82) is 0 Å². The number of imidazole rings is 1. The summed E-state index contributed by atoms with van der Waals surface area (Å²) in [6.07, 6.45) is 0.541. The first kappa shape index (κ1) is 25.4. The number of amides is 1. The van der Waals surface area contributed by atoms with Crippen LogP contribution >= 0.6 is 0 Å². The van der Waals surface area contributed by atoms with Crippen molar-refractivity contribution in [3.05, 3.63) is 48.0 Å². The molecule has 1 aliphatic heterocycles. The van der Waals surface area contributed by atoms with E-state index in [0.29, 0.717) is 44.8 Å². The second-order valence-electron chi connectivity index (χ2n) is 8.56. The molecule has 0 aliphatic carbocycles. The van der Waals surface area contributed by atoms with E-state index in [0.717, 1.165) is 23.0 Å². The molecular weight excluding hydrogens is 475 g/mol. The third-order valence-electron chi connectivity index (χ3n) is 5.78. The molecule has 1 saturated heterocycles. The van der Waals surface area contributed by atoms with Gasteiger partial charge >= 0.3 is 6.18 Å². The van der Waals surface area contributed by atoms with Gasteiger partial charge in [0.15, 0.2) is 0 Å². The molecular formula is C24H28F3N7O2. The Balaban J connectivity index is 1.45. The van der Waals surface area contributed by atoms with Gasteiger partial charge in [-0.2, -0.15) is 18.2 Å². The molecule has 1 aliphatic rings. The molecule has 12 heteroatoms. The molecule has 0 bridgehead atoms. The van der Waals surface area contributed by atoms with Crippen LogP contribution < -0.4 is 10.6 Å². The van der Waals surface area contributed by atoms with E-state index in [9.17, 15) is 18.0 Å². The smallest absolute Gasteiger partial charge is 0.379 e. The minimum Gasteiger partial charge on any atom is -0.379 e. The van der Waals surface area contributed by atoms with E-state index >= 15 is 0 Å². The van der Waals surface area contributed by atoms with Gasteiger partial charge in [0.1, 0.15) is 11.4 Å². The molecule has 3 aromatic rings. The van der Waals surface area contributed by atoms with Crippen molar-refractivity contribution >= 4 is 23.4 Å². The molecule has 1 fully saturated rings. The summed E-state index contributed by atoms with van der Waals surface area (Å²) in [7, 11) is 1.89. The number of ether oxygens (including phenoxy) is 1. The van der Waals surface area contributed by atoms with Gasteiger partial charge < -0.3 is 24.8 Å². The third-order valence-corrected chi connectivity index (χ3v) is 5.78. The molecule has 2 aromatic heterocycles. The third kappa shape index (κ3) is 6.30. The molecule has 2 N–H and O–H groups in total. The Morgan fingerprint density at radius 1 is 1.19 bits per heavy atom. The van der Waals surface area contributed by atoms with Crippen molar-refractivity contribution in [2.24, 2.45) is 7.05 Å². The van der Waals surface area contributed by atoms with E-state index in [2.05, 4.69) is 25.6 Å². The molecule has 0 unspecified atom stereocenters. The lowest BCUT2D eigenvalue weighted by molar-refractivity contribution is -0.137. The number of carbonyl (C=O) groups excluding carboxylic acids is 1. The number of nitrogens with zero attached hydrogens (tertiary/aromatic N) is 5. The maximum absolute atomic E-state index is 13.6. The quantitative estimate of drug-likeness (QED) is 0.449. The number of alkyl halides is 3. The van der Waals surface area contributed by atoms with Gasteiger partial charge in [0.05, 0.1) is 31.7 Å². The van der Waals surface area contributed by atoms with Gasteiger partial charge in [-0.3, -0.25) is 4.79 Å². The fourth-order valence-electron chi connectivity index (χ4n) is 3.86. The summed E-state index contributed by atoms with van der Waals surface area (Å²) in [6, 6.07) is 5.62. The summed E-state index contributed by atoms with van der Waals surface area (Å²) in [5.41, 5.74) is 2.32. The van der Waals surface area contributed by atoms with Gasteiger partial charge in [0, 0.05) is 50.3 Å². The lowest BCUT2D eigenvalue weighted by Gasteiger charge is -2.20. The van der Waals surface area contributed by atoms with E-state index in [1.54, 1.807) is 11.2 Å². The van der Waals surface area contributed by atoms with Crippen molar-refractivity contribution in [2.45, 2.75) is 25.9 Å². The van der Waals surface area contributed by atoms with E-state index in [1.165, 1.54) is 0 Å². The summed E-state index contributed by atoms with van der Waals surface area (Å²) < 4.78 is 47.8. The Morgan fingerprint density at radius 2 is 2.03 bits per heavy atom. The molecule has 192 valence electrons. The maximum atomic E-state index is 13.6. The lowest BCUT2D eigenvalue weighted by Crippen LogP contribution is -2.33. The van der Waals surface area contributed by atoms with Crippen molar-refractivity contribution in [2.75, 3.05) is 43.5 Å². The topological polar surface area (TPSA) is 97.2 Å². The molecule has 3 heterocycles. The first-order chi connectivity index (χ1) is 17.2. The molecule has 0 saturated carbocycles. The van der Waals surface area contributed by atoms with Gasteiger partial charge in [0.25, 0.3) is 0 Å². The zero-order valence-corrected chi connectivity index (χ0v) is 20.1. The van der Waals surface area contributed by atoms with Crippen LogP contribution in [0.15, 0.2) is 36.9 Å². The SMILES string of the molecule is Cc1cc(-c2cn(C)cn2)ccc1Nc1ncc(C(F)(F)F)c(NCCCN2CCOCCC2=O)n1. The number of aromatic nitrogens is 4. The largest absolute Gasteiger partial charge is 0.421 e. The number of nitrogens with one attached hydrogen (secondary N) is 2. The number of hydrogen-bond donors (Lipinski definition) is 2. The van der Waals surface area contributed by atoms with E-state index in [-0.39, 0.29) is 24.2 Å². The summed E-state index contributed by atoms with van der Waals surface area (Å²) in [4.78, 5) is 26.0. The Morgan fingerprint density at radius 3 is 2.75 bits per heavy atom. The van der Waals surface area contributed by atoms with Gasteiger partial charge in [-0.05, 0) is 31.0 Å². The Kier molecular flexibility index (Phi) is 7.73. The van der Waals surface area contributed by atoms with Gasteiger partial charge in [-0.1, -0.05) is 6.07 Å². The average molecular weight is 504 g/mol. The second kappa shape index (κ2) is 10.9. The lowest BCUT2D eigenvalue weighted by atomic mass is 10.1. The fraction of sp³-hybridized carbons (Fsp3) is 0.417. The highest BCUT2D eigenvalue weighted by atomic mass is 19.4. The highest BCUT2D eigenvalue weighted by Gasteiger charge is 2.35. The van der Waals surface area contributed by atoms with Crippen molar-refractivity contribution in [3.8, 4) is 11.3 Å². The summed E-state index contributed by atoms with van der Waals surface area (Å²) >= 11 is 0. The summed E-state index contributed by atoms with van der Waals surface area (Å²) in [5, 5.41) is 5.78. The predicted molar refractivity (Wildman–Crippen MR) is 129 cm³/mol. The normalized spacial score (nSPS) is 14.6. The zero-order chi connectivity index (χ0) is 25.7. The number of halogens is 3. The Bertz CT molecular complexity index is 1210. The maximum Gasteiger partial charge on any atom is 0.421 e. The van der Waals surface area contributed by atoms with Crippen LogP contribution in [0.4, 0.5) is 30.6 Å². The molecule has 4 rings (SSSR count). The highest BCUT2D eigenvalue weighted by Crippen LogP contribution is 2.34. The molecule has 36 heavy (non-hydrogen) atoms. The number of benzene rings is 1. The Labute approximate surface area is 206 Å². The molecule has 0 radical (unpaired) electrons. The molecule has 1 aromatic carbocycles. The monoisotopic (exact) mass is 503 g/mol. The van der Waals surface area contributed by atoms with Crippen LogP contribution in [0.2, 0.25) is 0 Å². The van der Waals surface area contributed by atoms with Crippen LogP contribution in [-0.4, -0.2) is 63.2 Å². The van der Waals surface area contributed by atoms with Gasteiger partial charge in [-0.25, -0.2) is 9.97 Å². The van der Waals surface area contributed by atoms with Crippen LogP contribution in [0.5, 0.6) is 0 Å². The average Bonchev–Trinajstić information content (AvgIpc) is 3.16. The molecule has 0 atom stereocenters. The van der Waals surface area contributed by atoms with E-state index in [1.807, 2.05) is 42.9 Å². The van der Waals surface area contributed by atoms with E-state index in [4.69, 9.17) is 4.74 Å². The van der Waals surface area contributed by atoms with Crippen molar-refractivity contribution in [1.82, 2.24) is 24.4 Å². The minimum absolute atomic E-state index is 0.0126. The predicted octanol–water partition coefficient (Wildman–Crippen LogP) is 4.00. The highest BCUT2D eigenvalue weighted by molar-refractivity contribution is 5.76. The number of hydrogen-bond acceptors (Lipinski definition) is 7. The zero-order valence-electron chi connectivity index (χ0n) is 20.1. The summed E-state index contributed by atoms with van der Waals surface area (Å²) in [5.74, 6) is -0.284. The summed E-state index contributed by atoms with van der Waals surface area (Å²) in [6.45, 7) is 3.85. The standard InChI is InChI=1S/C24H28F3N7O2/c1-16-12-17(20-14-33(2)15-30-20)4-5-19(16)31-23-29-13-18(24(25,26)27)22(32-23)28-7-3-8-34-9-11-36-10-6-21(34)35/h4-5,12-15H,3,6-11H2,1-2H3,(H2,28,29,31,32). The molecule has 9 nitrogen and oxygen atoms in total. The minimum atomic E-state index is -4.61. The van der Waals surface area contributed by atoms with Crippen LogP contribution in [0.25, 0.3) is 11.3 Å². The van der Waals surface area contributed by atoms with Crippen molar-refractivity contribution in [3.63, 3.8) is 0 Å². The number of anilines is 3. The number of aryl methyl sites for hydroxylation is 2. The van der Waals surface area contributed by atoms with Crippen LogP contribution in [0.1, 0.15) is 24.0 Å². The molecule has 1 amide bonds. The van der Waals surface area contributed by atoms with E-state index < -0.39 is 11.7 Å². The number of rotatable bonds is 8. The van der Waals surface area contributed by atoms with Crippen LogP contribution in [0.3, 0.4) is 0 Å². The van der Waals surface area contributed by atoms with Crippen molar-refractivity contribution < 1.29 is 22.7 Å². The Hall–Kier alpha value is -3.67. The van der Waals surface area contributed by atoms with Crippen LogP contribution in [-0.2, 0) is 22.8 Å². The molecule has 0 spiro atoms. The van der Waals surface area contributed by atoms with Gasteiger partial charge in [0.2, 0.25) is 11.9 Å². The fourth-order valence-corrected chi connectivity index (χ4v) is 3.86. The first-order valence-electron chi connectivity index (χ1n) is 11.6. The first-order valence-corrected chi connectivity index (χ1v) is 11.6. The van der Waals surface area contributed by atoms with Crippen LogP contribution in [0, 0.1) is 6.92 Å². The number of carbonyl (C=O) groups is 1. The van der Waals surface area contributed by atoms with Gasteiger partial charge in [-0.15, -0.1) is 0 Å². The second-order valence-corrected chi connectivity index (χ2v) is 8.56.